The van der Waals surface area contributed by atoms with Gasteiger partial charge in [0, 0.05) is 11.6 Å². The second kappa shape index (κ2) is 6.02. The van der Waals surface area contributed by atoms with Crippen LogP contribution in [0.5, 0.6) is 0 Å². The lowest BCUT2D eigenvalue weighted by Gasteiger charge is -2.30. The van der Waals surface area contributed by atoms with Crippen molar-refractivity contribution in [3.63, 3.8) is 0 Å². The van der Waals surface area contributed by atoms with Gasteiger partial charge in [-0.05, 0) is 42.7 Å². The lowest BCUT2D eigenvalue weighted by Crippen LogP contribution is -2.25. The minimum Gasteiger partial charge on any atom is -0.257 e. The van der Waals surface area contributed by atoms with E-state index in [1.54, 1.807) is 6.07 Å². The van der Waals surface area contributed by atoms with Gasteiger partial charge in [0.1, 0.15) is 5.82 Å². The van der Waals surface area contributed by atoms with Crippen LogP contribution in [0.4, 0.5) is 4.39 Å². The van der Waals surface area contributed by atoms with Gasteiger partial charge >= 0.3 is 0 Å². The van der Waals surface area contributed by atoms with Crippen molar-refractivity contribution in [2.75, 3.05) is 0 Å². The molecule has 1 rings (SSSR count). The van der Waals surface area contributed by atoms with Crippen LogP contribution in [-0.4, -0.2) is 4.98 Å². The molecule has 19 heavy (non-hydrogen) atoms. The molecule has 1 aromatic heterocycles. The van der Waals surface area contributed by atoms with E-state index in [1.807, 2.05) is 6.20 Å². The van der Waals surface area contributed by atoms with Crippen LogP contribution >= 0.6 is 0 Å². The molecule has 0 amide bonds. The SMILES string of the molecule is CCC(C)(CC)c1cnc(C(C)(CC)CC)c(F)c1. The van der Waals surface area contributed by atoms with E-state index in [1.165, 1.54) is 0 Å². The summed E-state index contributed by atoms with van der Waals surface area (Å²) >= 11 is 0. The monoisotopic (exact) mass is 265 g/mol. The summed E-state index contributed by atoms with van der Waals surface area (Å²) in [6.45, 7) is 12.8. The summed E-state index contributed by atoms with van der Waals surface area (Å²) in [5, 5.41) is 0. The van der Waals surface area contributed by atoms with Gasteiger partial charge in [-0.3, -0.25) is 4.98 Å². The van der Waals surface area contributed by atoms with Gasteiger partial charge < -0.3 is 0 Å². The first-order valence-electron chi connectivity index (χ1n) is 7.53. The Labute approximate surface area is 117 Å². The number of pyridine rings is 1. The van der Waals surface area contributed by atoms with Crippen molar-refractivity contribution >= 4 is 0 Å². The van der Waals surface area contributed by atoms with Crippen molar-refractivity contribution < 1.29 is 4.39 Å². The molecule has 1 nitrogen and oxygen atoms in total. The molecule has 0 bridgehead atoms. The lowest BCUT2D eigenvalue weighted by atomic mass is 9.77. The molecule has 0 atom stereocenters. The molecule has 0 N–H and O–H groups in total. The lowest BCUT2D eigenvalue weighted by molar-refractivity contribution is 0.392. The zero-order chi connectivity index (χ0) is 14.7. The molecular formula is C17H28FN. The Morgan fingerprint density at radius 3 is 1.79 bits per heavy atom. The van der Waals surface area contributed by atoms with Gasteiger partial charge in [0.05, 0.1) is 5.69 Å². The summed E-state index contributed by atoms with van der Waals surface area (Å²) in [5.74, 6) is -0.142. The molecule has 0 aliphatic heterocycles. The normalized spacial score (nSPS) is 12.8. The highest BCUT2D eigenvalue weighted by Gasteiger charge is 2.30. The van der Waals surface area contributed by atoms with Crippen LogP contribution in [0.25, 0.3) is 0 Å². The predicted octanol–water partition coefficient (Wildman–Crippen LogP) is 5.38. The molecule has 1 heterocycles. The van der Waals surface area contributed by atoms with Crippen LogP contribution in [0, 0.1) is 5.82 Å². The average Bonchev–Trinajstić information content (AvgIpc) is 2.45. The van der Waals surface area contributed by atoms with Gasteiger partial charge in [-0.2, -0.15) is 0 Å². The summed E-state index contributed by atoms with van der Waals surface area (Å²) in [5.41, 5.74) is 1.52. The number of hydrogen-bond acceptors (Lipinski definition) is 1. The zero-order valence-corrected chi connectivity index (χ0v) is 13.3. The fourth-order valence-corrected chi connectivity index (χ4v) is 2.46. The fourth-order valence-electron chi connectivity index (χ4n) is 2.46. The third kappa shape index (κ3) is 2.98. The Morgan fingerprint density at radius 2 is 1.42 bits per heavy atom. The van der Waals surface area contributed by atoms with Crippen molar-refractivity contribution in [3.8, 4) is 0 Å². The third-order valence-electron chi connectivity index (χ3n) is 5.23. The highest BCUT2D eigenvalue weighted by molar-refractivity contribution is 5.27. The van der Waals surface area contributed by atoms with Crippen LogP contribution in [-0.2, 0) is 10.8 Å². The first kappa shape index (κ1) is 16.1. The summed E-state index contributed by atoms with van der Waals surface area (Å²) in [6.07, 6.45) is 5.71. The number of hydrogen-bond donors (Lipinski definition) is 0. The first-order valence-corrected chi connectivity index (χ1v) is 7.53. The molecule has 0 fully saturated rings. The summed E-state index contributed by atoms with van der Waals surface area (Å²) < 4.78 is 14.5. The van der Waals surface area contributed by atoms with Gasteiger partial charge in [-0.25, -0.2) is 4.39 Å². The first-order chi connectivity index (χ1) is 8.86. The van der Waals surface area contributed by atoms with E-state index in [-0.39, 0.29) is 16.6 Å². The summed E-state index contributed by atoms with van der Waals surface area (Å²) in [6, 6.07) is 1.71. The average molecular weight is 265 g/mol. The van der Waals surface area contributed by atoms with E-state index >= 15 is 0 Å². The van der Waals surface area contributed by atoms with Crippen LogP contribution in [0.15, 0.2) is 12.3 Å². The maximum atomic E-state index is 14.5. The topological polar surface area (TPSA) is 12.9 Å². The molecule has 0 aromatic carbocycles. The summed E-state index contributed by atoms with van der Waals surface area (Å²) in [7, 11) is 0. The summed E-state index contributed by atoms with van der Waals surface area (Å²) in [4.78, 5) is 4.48. The molecule has 108 valence electrons. The maximum Gasteiger partial charge on any atom is 0.145 e. The predicted molar refractivity (Wildman–Crippen MR) is 80.1 cm³/mol. The van der Waals surface area contributed by atoms with Gasteiger partial charge in [-0.1, -0.05) is 41.5 Å². The smallest absolute Gasteiger partial charge is 0.145 e. The molecule has 0 saturated heterocycles. The van der Waals surface area contributed by atoms with Gasteiger partial charge in [-0.15, -0.1) is 0 Å². The largest absolute Gasteiger partial charge is 0.257 e. The molecule has 0 saturated carbocycles. The van der Waals surface area contributed by atoms with Crippen LogP contribution in [0.2, 0.25) is 0 Å². The molecule has 0 radical (unpaired) electrons. The van der Waals surface area contributed by atoms with Crippen molar-refractivity contribution in [1.82, 2.24) is 4.98 Å². The van der Waals surface area contributed by atoms with E-state index in [9.17, 15) is 4.39 Å². The van der Waals surface area contributed by atoms with Crippen molar-refractivity contribution in [2.24, 2.45) is 0 Å². The minimum atomic E-state index is -0.155. The Morgan fingerprint density at radius 1 is 0.947 bits per heavy atom. The van der Waals surface area contributed by atoms with Crippen molar-refractivity contribution in [1.29, 1.82) is 0 Å². The highest BCUT2D eigenvalue weighted by atomic mass is 19.1. The van der Waals surface area contributed by atoms with Gasteiger partial charge in [0.2, 0.25) is 0 Å². The zero-order valence-electron chi connectivity index (χ0n) is 13.3. The van der Waals surface area contributed by atoms with Crippen LogP contribution < -0.4 is 0 Å². The van der Waals surface area contributed by atoms with Crippen molar-refractivity contribution in [3.05, 3.63) is 29.3 Å². The number of nitrogens with zero attached hydrogens (tertiary/aromatic N) is 1. The van der Waals surface area contributed by atoms with Crippen LogP contribution in [0.1, 0.15) is 78.5 Å². The van der Waals surface area contributed by atoms with E-state index in [4.69, 9.17) is 0 Å². The van der Waals surface area contributed by atoms with E-state index in [2.05, 4.69) is 46.5 Å². The second-order valence-electron chi connectivity index (χ2n) is 6.09. The maximum absolute atomic E-state index is 14.5. The Hall–Kier alpha value is -0.920. The Bertz CT molecular complexity index is 417. The second-order valence-corrected chi connectivity index (χ2v) is 6.09. The molecule has 0 aliphatic carbocycles. The van der Waals surface area contributed by atoms with Gasteiger partial charge in [0.25, 0.3) is 0 Å². The minimum absolute atomic E-state index is 0.0290. The highest BCUT2D eigenvalue weighted by Crippen LogP contribution is 2.35. The van der Waals surface area contributed by atoms with Crippen LogP contribution in [0.3, 0.4) is 0 Å². The van der Waals surface area contributed by atoms with E-state index < -0.39 is 0 Å². The molecule has 0 unspecified atom stereocenters. The van der Waals surface area contributed by atoms with E-state index in [0.717, 1.165) is 31.2 Å². The number of halogens is 1. The third-order valence-corrected chi connectivity index (χ3v) is 5.23. The molecule has 0 aliphatic rings. The Kier molecular flexibility index (Phi) is 5.11. The quantitative estimate of drug-likeness (QED) is 0.673. The number of rotatable bonds is 6. The van der Waals surface area contributed by atoms with Gasteiger partial charge in [0.15, 0.2) is 0 Å². The Balaban J connectivity index is 3.25. The molecule has 2 heteroatoms. The van der Waals surface area contributed by atoms with E-state index in [0.29, 0.717) is 5.69 Å². The van der Waals surface area contributed by atoms with Crippen molar-refractivity contribution in [2.45, 2.75) is 78.1 Å². The molecule has 1 aromatic rings. The standard InChI is InChI=1S/C17H28FN/c1-7-16(5,8-2)13-11-14(18)15(19-12-13)17(6,9-3)10-4/h11-12H,7-10H2,1-6H3. The fraction of sp³-hybridized carbons (Fsp3) is 0.706. The molecular weight excluding hydrogens is 237 g/mol. The number of aromatic nitrogens is 1. The molecule has 0 spiro atoms.